The molecule has 1 heterocycles. The molecule has 1 aliphatic rings. The number of thiophene rings is 1. The van der Waals surface area contributed by atoms with Crippen LogP contribution >= 0.6 is 11.3 Å². The number of hydrogen-bond donors (Lipinski definition) is 2. The third-order valence-corrected chi connectivity index (χ3v) is 4.33. The van der Waals surface area contributed by atoms with E-state index in [1.807, 2.05) is 11.4 Å². The van der Waals surface area contributed by atoms with Crippen LogP contribution in [0.3, 0.4) is 0 Å². The molecule has 4 heteroatoms. The molecule has 1 aliphatic carbocycles. The highest BCUT2D eigenvalue weighted by atomic mass is 32.1. The van der Waals surface area contributed by atoms with E-state index in [0.29, 0.717) is 12.1 Å². The smallest absolute Gasteiger partial charge is 0.252 e. The number of nitrogens with two attached hydrogens (primary N) is 1. The van der Waals surface area contributed by atoms with Gasteiger partial charge in [-0.25, -0.2) is 0 Å². The molecule has 1 aromatic rings. The van der Waals surface area contributed by atoms with Gasteiger partial charge in [0.2, 0.25) is 0 Å². The fourth-order valence-electron chi connectivity index (χ4n) is 2.45. The molecule has 0 unspecified atom stereocenters. The Hall–Kier alpha value is -1.31. The van der Waals surface area contributed by atoms with Crippen molar-refractivity contribution < 1.29 is 4.79 Å². The maximum absolute atomic E-state index is 11.9. The normalized spacial score (nSPS) is 15.0. The molecule has 3 N–H and O–H groups in total. The van der Waals surface area contributed by atoms with E-state index in [2.05, 4.69) is 17.2 Å². The Morgan fingerprint density at radius 2 is 2.26 bits per heavy atom. The fourth-order valence-corrected chi connectivity index (χ4v) is 3.21. The molecule has 0 atom stereocenters. The van der Waals surface area contributed by atoms with E-state index in [9.17, 15) is 4.79 Å². The van der Waals surface area contributed by atoms with Gasteiger partial charge in [0.25, 0.3) is 5.91 Å². The average Bonchev–Trinajstić information content (AvgIpc) is 3.07. The largest absolute Gasteiger partial charge is 0.352 e. The van der Waals surface area contributed by atoms with Gasteiger partial charge in [0.15, 0.2) is 0 Å². The number of hydrogen-bond acceptors (Lipinski definition) is 3. The van der Waals surface area contributed by atoms with Crippen molar-refractivity contribution in [2.75, 3.05) is 13.1 Å². The van der Waals surface area contributed by atoms with Crippen molar-refractivity contribution >= 4 is 17.2 Å². The number of carbonyl (C=O) groups excluding carboxylic acids is 1. The Morgan fingerprint density at radius 3 is 3.00 bits per heavy atom. The Kier molecular flexibility index (Phi) is 5.44. The zero-order valence-electron chi connectivity index (χ0n) is 11.1. The summed E-state index contributed by atoms with van der Waals surface area (Å²) in [5, 5.41) is 4.84. The van der Waals surface area contributed by atoms with Crippen LogP contribution in [-0.2, 0) is 0 Å². The lowest BCUT2D eigenvalue weighted by Crippen LogP contribution is -2.25. The molecule has 0 radical (unpaired) electrons. The van der Waals surface area contributed by atoms with Crippen molar-refractivity contribution in [2.45, 2.75) is 32.1 Å². The first-order valence-corrected chi connectivity index (χ1v) is 7.73. The molecule has 19 heavy (non-hydrogen) atoms. The second kappa shape index (κ2) is 7.32. The summed E-state index contributed by atoms with van der Waals surface area (Å²) in [6.07, 6.45) is 6.47. The third kappa shape index (κ3) is 4.38. The molecule has 1 fully saturated rings. The molecule has 1 saturated carbocycles. The molecule has 0 aliphatic heterocycles. The average molecular weight is 276 g/mol. The molecule has 1 aromatic heterocycles. The molecule has 1 amide bonds. The Balaban J connectivity index is 1.77. The first-order valence-electron chi connectivity index (χ1n) is 6.85. The van der Waals surface area contributed by atoms with E-state index in [4.69, 9.17) is 5.73 Å². The van der Waals surface area contributed by atoms with Crippen molar-refractivity contribution in [3.63, 3.8) is 0 Å². The van der Waals surface area contributed by atoms with Gasteiger partial charge in [-0.05, 0) is 18.4 Å². The standard InChI is InChI=1S/C15H20N2OS/c16-8-3-6-14-10-13(11-19-14)15(18)17-9-7-12-4-1-2-5-12/h10-12H,1-2,4-5,7-9,16H2,(H,17,18). The van der Waals surface area contributed by atoms with Crippen LogP contribution in [0.2, 0.25) is 0 Å². The van der Waals surface area contributed by atoms with Gasteiger partial charge in [-0.2, -0.15) is 0 Å². The summed E-state index contributed by atoms with van der Waals surface area (Å²) in [5.74, 6) is 6.56. The van der Waals surface area contributed by atoms with Crippen LogP contribution in [0, 0.1) is 17.8 Å². The highest BCUT2D eigenvalue weighted by Gasteiger charge is 2.15. The van der Waals surface area contributed by atoms with E-state index < -0.39 is 0 Å². The zero-order chi connectivity index (χ0) is 13.5. The zero-order valence-corrected chi connectivity index (χ0v) is 11.9. The third-order valence-electron chi connectivity index (χ3n) is 3.49. The number of nitrogens with one attached hydrogen (secondary N) is 1. The summed E-state index contributed by atoms with van der Waals surface area (Å²) in [5.41, 5.74) is 6.03. The van der Waals surface area contributed by atoms with E-state index >= 15 is 0 Å². The van der Waals surface area contributed by atoms with Crippen molar-refractivity contribution in [1.29, 1.82) is 0 Å². The molecule has 102 valence electrons. The number of carbonyl (C=O) groups is 1. The first kappa shape index (κ1) is 14.1. The predicted molar refractivity (Wildman–Crippen MR) is 79.2 cm³/mol. The summed E-state index contributed by atoms with van der Waals surface area (Å²) < 4.78 is 0. The van der Waals surface area contributed by atoms with Gasteiger partial charge < -0.3 is 11.1 Å². The van der Waals surface area contributed by atoms with Crippen LogP contribution in [-0.4, -0.2) is 19.0 Å². The second-order valence-electron chi connectivity index (χ2n) is 4.90. The van der Waals surface area contributed by atoms with Gasteiger partial charge in [-0.3, -0.25) is 4.79 Å². The Labute approximate surface area is 118 Å². The maximum Gasteiger partial charge on any atom is 0.252 e. The molecule has 0 spiro atoms. The van der Waals surface area contributed by atoms with Crippen molar-refractivity contribution in [3.8, 4) is 11.8 Å². The predicted octanol–water partition coefficient (Wildman–Crippen LogP) is 2.37. The minimum Gasteiger partial charge on any atom is -0.352 e. The van der Waals surface area contributed by atoms with Crippen LogP contribution in [0.25, 0.3) is 0 Å². The molecule has 0 aromatic carbocycles. The van der Waals surface area contributed by atoms with Crippen LogP contribution in [0.1, 0.15) is 47.3 Å². The van der Waals surface area contributed by atoms with Crippen LogP contribution in [0.4, 0.5) is 0 Å². The molecule has 0 saturated heterocycles. The minimum atomic E-state index is 0.00930. The topological polar surface area (TPSA) is 55.1 Å². The SMILES string of the molecule is NCC#Cc1cc(C(=O)NCCC2CCCC2)cs1. The van der Waals surface area contributed by atoms with Gasteiger partial charge >= 0.3 is 0 Å². The molecular formula is C15H20N2OS. The lowest BCUT2D eigenvalue weighted by Gasteiger charge is -2.09. The van der Waals surface area contributed by atoms with Crippen LogP contribution < -0.4 is 11.1 Å². The van der Waals surface area contributed by atoms with Crippen LogP contribution in [0.15, 0.2) is 11.4 Å². The lowest BCUT2D eigenvalue weighted by molar-refractivity contribution is 0.0952. The van der Waals surface area contributed by atoms with Gasteiger partial charge in [0.05, 0.1) is 17.0 Å². The van der Waals surface area contributed by atoms with Gasteiger partial charge in [0.1, 0.15) is 0 Å². The summed E-state index contributed by atoms with van der Waals surface area (Å²) in [4.78, 5) is 12.8. The van der Waals surface area contributed by atoms with Gasteiger partial charge in [-0.1, -0.05) is 37.5 Å². The van der Waals surface area contributed by atoms with Crippen molar-refractivity contribution in [2.24, 2.45) is 11.7 Å². The fraction of sp³-hybridized carbons (Fsp3) is 0.533. The summed E-state index contributed by atoms with van der Waals surface area (Å²) in [7, 11) is 0. The molecular weight excluding hydrogens is 256 g/mol. The lowest BCUT2D eigenvalue weighted by atomic mass is 10.0. The summed E-state index contributed by atoms with van der Waals surface area (Å²) in [6, 6.07) is 1.83. The Morgan fingerprint density at radius 1 is 1.47 bits per heavy atom. The Bertz CT molecular complexity index is 478. The maximum atomic E-state index is 11.9. The summed E-state index contributed by atoms with van der Waals surface area (Å²) >= 11 is 1.49. The number of rotatable bonds is 4. The van der Waals surface area contributed by atoms with E-state index in [1.54, 1.807) is 0 Å². The summed E-state index contributed by atoms with van der Waals surface area (Å²) in [6.45, 7) is 1.13. The highest BCUT2D eigenvalue weighted by molar-refractivity contribution is 7.10. The highest BCUT2D eigenvalue weighted by Crippen LogP contribution is 2.26. The quantitative estimate of drug-likeness (QED) is 0.830. The first-order chi connectivity index (χ1) is 9.29. The van der Waals surface area contributed by atoms with Crippen molar-refractivity contribution in [1.82, 2.24) is 5.32 Å². The number of amides is 1. The monoisotopic (exact) mass is 276 g/mol. The van der Waals surface area contributed by atoms with E-state index in [0.717, 1.165) is 23.8 Å². The van der Waals surface area contributed by atoms with Gasteiger partial charge in [0, 0.05) is 11.9 Å². The molecule has 0 bridgehead atoms. The van der Waals surface area contributed by atoms with E-state index in [-0.39, 0.29) is 5.91 Å². The van der Waals surface area contributed by atoms with Crippen molar-refractivity contribution in [3.05, 3.63) is 21.9 Å². The van der Waals surface area contributed by atoms with E-state index in [1.165, 1.54) is 37.0 Å². The molecule has 3 nitrogen and oxygen atoms in total. The van der Waals surface area contributed by atoms with Crippen LogP contribution in [0.5, 0.6) is 0 Å². The van der Waals surface area contributed by atoms with Gasteiger partial charge in [-0.15, -0.1) is 11.3 Å². The minimum absolute atomic E-state index is 0.00930. The second-order valence-corrected chi connectivity index (χ2v) is 5.81. The molecule has 2 rings (SSSR count).